The number of carboxylic acid groups (broad SMARTS) is 1. The first-order valence-electron chi connectivity index (χ1n) is 12.0. The number of nitrogens with zero attached hydrogens (tertiary/aromatic N) is 3. The van der Waals surface area contributed by atoms with Crippen molar-refractivity contribution in [1.29, 1.82) is 0 Å². The number of hydrogen-bond acceptors (Lipinski definition) is 4. The van der Waals surface area contributed by atoms with Crippen LogP contribution in [0.15, 0.2) is 48.5 Å². The molecule has 3 amide bonds. The molecule has 2 aromatic carbocycles. The average molecular weight is 502 g/mol. The van der Waals surface area contributed by atoms with Gasteiger partial charge in [0.2, 0.25) is 5.91 Å². The summed E-state index contributed by atoms with van der Waals surface area (Å²) < 4.78 is 32.3. The quantitative estimate of drug-likeness (QED) is 0.664. The number of carbonyl (C=O) groups excluding carboxylic acids is 2. The van der Waals surface area contributed by atoms with E-state index in [-0.39, 0.29) is 35.9 Å². The molecule has 192 valence electrons. The maximum absolute atomic E-state index is 13.6. The van der Waals surface area contributed by atoms with Gasteiger partial charge >= 0.3 is 12.2 Å². The van der Waals surface area contributed by atoms with E-state index in [1.165, 1.54) is 46.2 Å². The summed E-state index contributed by atoms with van der Waals surface area (Å²) in [6.07, 6.45) is -0.725. The van der Waals surface area contributed by atoms with Crippen molar-refractivity contribution in [2.24, 2.45) is 5.92 Å². The highest BCUT2D eigenvalue weighted by atomic mass is 19.1. The Balaban J connectivity index is 1.53. The van der Waals surface area contributed by atoms with Gasteiger partial charge in [-0.15, -0.1) is 0 Å². The third-order valence-corrected chi connectivity index (χ3v) is 7.01. The van der Waals surface area contributed by atoms with Crippen LogP contribution in [-0.2, 0) is 4.79 Å². The summed E-state index contributed by atoms with van der Waals surface area (Å²) in [6.45, 7) is 3.33. The molecule has 2 heterocycles. The van der Waals surface area contributed by atoms with E-state index in [9.17, 15) is 28.3 Å². The van der Waals surface area contributed by atoms with Crippen molar-refractivity contribution in [2.75, 3.05) is 32.7 Å². The van der Waals surface area contributed by atoms with E-state index >= 15 is 0 Å². The minimum absolute atomic E-state index is 0.0717. The molecule has 2 aromatic rings. The van der Waals surface area contributed by atoms with Gasteiger partial charge in [0.25, 0.3) is 0 Å². The molecule has 0 saturated carbocycles. The number of amides is 3. The van der Waals surface area contributed by atoms with E-state index in [1.807, 2.05) is 0 Å². The topological polar surface area (TPSA) is 90.4 Å². The molecule has 0 spiro atoms. The lowest BCUT2D eigenvalue weighted by Crippen LogP contribution is -2.47. The smallest absolute Gasteiger partial charge is 0.415 e. The number of rotatable bonds is 5. The Morgan fingerprint density at radius 3 is 2.08 bits per heavy atom. The molecule has 0 unspecified atom stereocenters. The van der Waals surface area contributed by atoms with Gasteiger partial charge in [0, 0.05) is 44.6 Å². The second-order valence-electron chi connectivity index (χ2n) is 9.12. The van der Waals surface area contributed by atoms with Crippen LogP contribution in [0.4, 0.5) is 18.4 Å². The van der Waals surface area contributed by atoms with Crippen molar-refractivity contribution in [3.63, 3.8) is 0 Å². The lowest BCUT2D eigenvalue weighted by molar-refractivity contribution is -0.136. The van der Waals surface area contributed by atoms with Crippen molar-refractivity contribution in [3.05, 3.63) is 65.7 Å². The van der Waals surface area contributed by atoms with Crippen LogP contribution in [0.3, 0.4) is 0 Å². The third kappa shape index (κ3) is 5.58. The summed E-state index contributed by atoms with van der Waals surface area (Å²) >= 11 is 0. The zero-order valence-electron chi connectivity index (χ0n) is 20.0. The fourth-order valence-corrected chi connectivity index (χ4v) is 5.06. The first-order valence-corrected chi connectivity index (χ1v) is 12.0. The molecule has 1 N–H and O–H groups in total. The van der Waals surface area contributed by atoms with Crippen LogP contribution >= 0.6 is 0 Å². The fourth-order valence-electron chi connectivity index (χ4n) is 5.06. The summed E-state index contributed by atoms with van der Waals surface area (Å²) in [4.78, 5) is 42.3. The zero-order valence-corrected chi connectivity index (χ0v) is 20.0. The first kappa shape index (κ1) is 25.4. The number of ether oxygens (including phenoxy) is 1. The van der Waals surface area contributed by atoms with E-state index in [2.05, 4.69) is 0 Å². The lowest BCUT2D eigenvalue weighted by atomic mass is 9.93. The second kappa shape index (κ2) is 10.9. The summed E-state index contributed by atoms with van der Waals surface area (Å²) in [5, 5.41) is 9.19. The van der Waals surface area contributed by atoms with Crippen LogP contribution in [0.25, 0.3) is 0 Å². The molecule has 10 heteroatoms. The summed E-state index contributed by atoms with van der Waals surface area (Å²) in [7, 11) is 0. The predicted molar refractivity (Wildman–Crippen MR) is 127 cm³/mol. The van der Waals surface area contributed by atoms with Gasteiger partial charge in [-0.1, -0.05) is 12.1 Å². The molecule has 0 aliphatic carbocycles. The minimum atomic E-state index is -0.989. The van der Waals surface area contributed by atoms with E-state index in [0.29, 0.717) is 39.0 Å². The van der Waals surface area contributed by atoms with E-state index in [4.69, 9.17) is 4.74 Å². The molecule has 4 rings (SSSR count). The third-order valence-electron chi connectivity index (χ3n) is 7.01. The Hall–Kier alpha value is -3.69. The monoisotopic (exact) mass is 501 g/mol. The highest BCUT2D eigenvalue weighted by Crippen LogP contribution is 2.34. The number of hydrogen-bond donors (Lipinski definition) is 1. The molecule has 8 nitrogen and oxygen atoms in total. The maximum atomic E-state index is 13.6. The van der Waals surface area contributed by atoms with Crippen molar-refractivity contribution in [1.82, 2.24) is 14.7 Å². The van der Waals surface area contributed by atoms with Crippen molar-refractivity contribution in [3.8, 4) is 5.75 Å². The lowest BCUT2D eigenvalue weighted by Gasteiger charge is -2.32. The first-order chi connectivity index (χ1) is 17.3. The van der Waals surface area contributed by atoms with E-state index < -0.39 is 24.0 Å². The molecule has 0 bridgehead atoms. The molecule has 2 saturated heterocycles. The molecule has 0 radical (unpaired) electrons. The predicted octanol–water partition coefficient (Wildman–Crippen LogP) is 4.17. The van der Waals surface area contributed by atoms with Gasteiger partial charge in [-0.3, -0.25) is 4.79 Å². The normalized spacial score (nSPS) is 20.3. The molecule has 2 aliphatic rings. The van der Waals surface area contributed by atoms with E-state index in [0.717, 1.165) is 5.56 Å². The van der Waals surface area contributed by atoms with Gasteiger partial charge in [0.15, 0.2) is 0 Å². The van der Waals surface area contributed by atoms with Crippen LogP contribution in [-0.4, -0.2) is 76.7 Å². The number of halogens is 2. The van der Waals surface area contributed by atoms with Gasteiger partial charge in [-0.05, 0) is 61.7 Å². The molecule has 2 fully saturated rings. The fraction of sp³-hybridized carbons (Fsp3) is 0.423. The van der Waals surface area contributed by atoms with Gasteiger partial charge in [-0.25, -0.2) is 18.4 Å². The zero-order chi connectivity index (χ0) is 25.8. The Labute approximate surface area is 208 Å². The SMILES string of the molecule is CCN(C(=O)Oc1ccc(F)cc1)[C@@H]1CN(C(=O)C2CCN(C(=O)O)CC2)C[C@H]1c1ccc(F)cc1. The van der Waals surface area contributed by atoms with Crippen molar-refractivity contribution >= 4 is 18.1 Å². The van der Waals surface area contributed by atoms with Crippen LogP contribution < -0.4 is 4.74 Å². The average Bonchev–Trinajstić information content (AvgIpc) is 3.31. The molecule has 2 atom stereocenters. The van der Waals surface area contributed by atoms with Gasteiger partial charge < -0.3 is 24.5 Å². The largest absolute Gasteiger partial charge is 0.465 e. The number of carbonyl (C=O) groups is 3. The van der Waals surface area contributed by atoms with Crippen LogP contribution in [0, 0.1) is 17.6 Å². The summed E-state index contributed by atoms with van der Waals surface area (Å²) in [6, 6.07) is 10.7. The van der Waals surface area contributed by atoms with Crippen molar-refractivity contribution < 1.29 is 33.0 Å². The van der Waals surface area contributed by atoms with Crippen LogP contribution in [0.1, 0.15) is 31.2 Å². The molecule has 2 aliphatic heterocycles. The van der Waals surface area contributed by atoms with Gasteiger partial charge in [0.1, 0.15) is 17.4 Å². The standard InChI is InChI=1S/C26H29F2N3O5/c1-2-31(26(35)36-21-9-7-20(28)8-10-21)23-16-30(15-22(23)17-3-5-19(27)6-4-17)24(32)18-11-13-29(14-12-18)25(33)34/h3-10,18,22-23H,2,11-16H2,1H3,(H,33,34)/t22-,23+/m0/s1. The highest BCUT2D eigenvalue weighted by molar-refractivity contribution is 5.80. The minimum Gasteiger partial charge on any atom is -0.465 e. The Bertz CT molecular complexity index is 1090. The summed E-state index contributed by atoms with van der Waals surface area (Å²) in [5.74, 6) is -1.26. The number of piperidine rings is 1. The molecular formula is C26H29F2N3O5. The van der Waals surface area contributed by atoms with Gasteiger partial charge in [-0.2, -0.15) is 0 Å². The molecular weight excluding hydrogens is 472 g/mol. The number of likely N-dealkylation sites (N-methyl/N-ethyl adjacent to an activating group) is 1. The van der Waals surface area contributed by atoms with E-state index in [1.54, 1.807) is 24.0 Å². The maximum Gasteiger partial charge on any atom is 0.415 e. The second-order valence-corrected chi connectivity index (χ2v) is 9.12. The molecule has 0 aromatic heterocycles. The summed E-state index contributed by atoms with van der Waals surface area (Å²) in [5.41, 5.74) is 0.797. The number of benzene rings is 2. The van der Waals surface area contributed by atoms with Crippen LogP contribution in [0.5, 0.6) is 5.75 Å². The highest BCUT2D eigenvalue weighted by Gasteiger charge is 2.43. The Kier molecular flexibility index (Phi) is 7.71. The van der Waals surface area contributed by atoms with Crippen LogP contribution in [0.2, 0.25) is 0 Å². The Morgan fingerprint density at radius 2 is 1.53 bits per heavy atom. The Morgan fingerprint density at radius 1 is 0.944 bits per heavy atom. The molecule has 36 heavy (non-hydrogen) atoms. The number of likely N-dealkylation sites (tertiary alicyclic amines) is 2. The van der Waals surface area contributed by atoms with Gasteiger partial charge in [0.05, 0.1) is 6.04 Å². The van der Waals surface area contributed by atoms with Crippen molar-refractivity contribution in [2.45, 2.75) is 31.7 Å².